The molecule has 0 aliphatic carbocycles. The van der Waals surface area contributed by atoms with Gasteiger partial charge in [0.25, 0.3) is 0 Å². The molecule has 1 saturated heterocycles. The smallest absolute Gasteiger partial charge is 0.244 e. The number of amidine groups is 1. The van der Waals surface area contributed by atoms with Crippen LogP contribution in [0.5, 0.6) is 0 Å². The van der Waals surface area contributed by atoms with Gasteiger partial charge < -0.3 is 20.5 Å². The van der Waals surface area contributed by atoms with Crippen molar-refractivity contribution < 1.29 is 14.1 Å². The predicted molar refractivity (Wildman–Crippen MR) is 178 cm³/mol. The summed E-state index contributed by atoms with van der Waals surface area (Å²) in [6, 6.07) is 22.6. The van der Waals surface area contributed by atoms with Gasteiger partial charge in [-0.05, 0) is 71.9 Å². The molecule has 3 aromatic rings. The molecular weight excluding hydrogens is 570 g/mol. The standard InChI is InChI=1S/C35H45N5O3S/c1-24(2)27-13-15-28(16-14-27)29-9-6-11-31(23-29)44(43)39-32(22-26-8-4-10-30(21-26)34(36)37)35(42)40-19-17-25(18-20-40)7-5-12-33(41)38-3/h4,6,8-11,13-16,21,23-25,32,39H,5,7,12,17-20,22H2,1-3H3,(H3,36,37)(H,38,41)/t32-,44?/m0/s1. The van der Waals surface area contributed by atoms with Crippen LogP contribution >= 0.6 is 0 Å². The maximum atomic E-state index is 13.9. The van der Waals surface area contributed by atoms with Crippen LogP contribution in [-0.4, -0.2) is 53.3 Å². The third-order valence-corrected chi connectivity index (χ3v) is 9.59. The number of nitrogens with two attached hydrogens (primary N) is 1. The summed E-state index contributed by atoms with van der Waals surface area (Å²) in [6.45, 7) is 5.58. The van der Waals surface area contributed by atoms with Crippen molar-refractivity contribution in [2.75, 3.05) is 20.1 Å². The lowest BCUT2D eigenvalue weighted by Crippen LogP contribution is -2.51. The first-order chi connectivity index (χ1) is 21.1. The summed E-state index contributed by atoms with van der Waals surface area (Å²) >= 11 is -1.64. The maximum absolute atomic E-state index is 13.9. The summed E-state index contributed by atoms with van der Waals surface area (Å²) < 4.78 is 16.9. The van der Waals surface area contributed by atoms with Gasteiger partial charge in [0.1, 0.15) is 11.9 Å². The van der Waals surface area contributed by atoms with E-state index in [-0.39, 0.29) is 17.6 Å². The number of nitrogens with one attached hydrogen (secondary N) is 3. The van der Waals surface area contributed by atoms with Gasteiger partial charge in [-0.1, -0.05) is 68.4 Å². The Balaban J connectivity index is 1.48. The summed E-state index contributed by atoms with van der Waals surface area (Å²) in [7, 11) is 1.66. The van der Waals surface area contributed by atoms with E-state index in [9.17, 15) is 14.1 Å². The average Bonchev–Trinajstić information content (AvgIpc) is 3.04. The van der Waals surface area contributed by atoms with Crippen molar-refractivity contribution in [1.82, 2.24) is 14.9 Å². The number of nitrogen functional groups attached to an aromatic ring is 1. The minimum Gasteiger partial charge on any atom is -0.593 e. The van der Waals surface area contributed by atoms with E-state index in [4.69, 9.17) is 11.1 Å². The number of piperidine rings is 1. The fraction of sp³-hybridized carbons (Fsp3) is 0.400. The van der Waals surface area contributed by atoms with Crippen LogP contribution < -0.4 is 15.8 Å². The molecule has 2 atom stereocenters. The Kier molecular flexibility index (Phi) is 12.0. The Bertz CT molecular complexity index is 1420. The van der Waals surface area contributed by atoms with Crippen molar-refractivity contribution in [2.45, 2.75) is 69.2 Å². The van der Waals surface area contributed by atoms with Crippen LogP contribution in [0.3, 0.4) is 0 Å². The molecule has 0 saturated carbocycles. The van der Waals surface area contributed by atoms with Crippen LogP contribution in [0.15, 0.2) is 77.7 Å². The molecule has 1 fully saturated rings. The van der Waals surface area contributed by atoms with E-state index in [1.54, 1.807) is 13.1 Å². The van der Waals surface area contributed by atoms with Crippen LogP contribution in [0, 0.1) is 11.3 Å². The van der Waals surface area contributed by atoms with E-state index >= 15 is 0 Å². The van der Waals surface area contributed by atoms with Crippen molar-refractivity contribution in [3.05, 3.63) is 89.5 Å². The number of hydrogen-bond acceptors (Lipinski definition) is 5. The van der Waals surface area contributed by atoms with Crippen LogP contribution in [0.2, 0.25) is 0 Å². The van der Waals surface area contributed by atoms with Crippen LogP contribution in [0.25, 0.3) is 11.1 Å². The minimum absolute atomic E-state index is 0.0389. The number of amides is 2. The van der Waals surface area contributed by atoms with Gasteiger partial charge in [0.05, 0.1) is 11.4 Å². The molecule has 234 valence electrons. The highest BCUT2D eigenvalue weighted by Crippen LogP contribution is 2.26. The molecule has 8 nitrogen and oxygen atoms in total. The molecule has 0 spiro atoms. The SMILES string of the molecule is CNC(=O)CCCC1CCN(C(=O)[C@H](Cc2cccc(C(=N)N)c2)N[S+]([O-])c2cccc(-c3ccc(C(C)C)cc3)c2)CC1. The molecule has 44 heavy (non-hydrogen) atoms. The van der Waals surface area contributed by atoms with Crippen LogP contribution in [0.4, 0.5) is 0 Å². The zero-order valence-electron chi connectivity index (χ0n) is 26.0. The Morgan fingerprint density at radius 2 is 1.73 bits per heavy atom. The first-order valence-corrected chi connectivity index (χ1v) is 16.6. The highest BCUT2D eigenvalue weighted by Gasteiger charge is 2.32. The second kappa shape index (κ2) is 15.9. The molecule has 1 heterocycles. The molecule has 0 aromatic heterocycles. The van der Waals surface area contributed by atoms with Gasteiger partial charge in [-0.2, -0.15) is 0 Å². The van der Waals surface area contributed by atoms with Crippen molar-refractivity contribution in [3.63, 3.8) is 0 Å². The fourth-order valence-corrected chi connectivity index (χ4v) is 6.68. The highest BCUT2D eigenvalue weighted by molar-refractivity contribution is 7.89. The molecule has 4 rings (SSSR count). The van der Waals surface area contributed by atoms with E-state index < -0.39 is 17.4 Å². The summed E-state index contributed by atoms with van der Waals surface area (Å²) in [5, 5.41) is 10.5. The summed E-state index contributed by atoms with van der Waals surface area (Å²) in [5.74, 6) is 0.855. The number of carbonyl (C=O) groups excluding carboxylic acids is 2. The van der Waals surface area contributed by atoms with E-state index in [0.29, 0.717) is 48.2 Å². The monoisotopic (exact) mass is 615 g/mol. The maximum Gasteiger partial charge on any atom is 0.244 e. The van der Waals surface area contributed by atoms with E-state index in [0.717, 1.165) is 42.4 Å². The Hall–Kier alpha value is -3.66. The van der Waals surface area contributed by atoms with E-state index in [1.807, 2.05) is 47.4 Å². The largest absolute Gasteiger partial charge is 0.593 e. The predicted octanol–water partition coefficient (Wildman–Crippen LogP) is 5.14. The molecule has 5 N–H and O–H groups in total. The van der Waals surface area contributed by atoms with Gasteiger partial charge in [0.15, 0.2) is 4.90 Å². The molecule has 0 bridgehead atoms. The topological polar surface area (TPSA) is 134 Å². The second-order valence-electron chi connectivity index (χ2n) is 11.9. The summed E-state index contributed by atoms with van der Waals surface area (Å²) in [5.41, 5.74) is 10.4. The Labute approximate surface area is 264 Å². The summed E-state index contributed by atoms with van der Waals surface area (Å²) in [6.07, 6.45) is 4.41. The van der Waals surface area contributed by atoms with E-state index in [1.165, 1.54) is 5.56 Å². The quantitative estimate of drug-likeness (QED) is 0.120. The number of likely N-dealkylation sites (tertiary alicyclic amines) is 1. The molecule has 0 radical (unpaired) electrons. The summed E-state index contributed by atoms with van der Waals surface area (Å²) in [4.78, 5) is 28.0. The fourth-order valence-electron chi connectivity index (χ4n) is 5.67. The first kappa shape index (κ1) is 33.2. The molecule has 1 aliphatic rings. The van der Waals surface area contributed by atoms with Crippen LogP contribution in [-0.2, 0) is 27.4 Å². The third kappa shape index (κ3) is 9.17. The molecule has 3 aromatic carbocycles. The number of benzene rings is 3. The van der Waals surface area contributed by atoms with Gasteiger partial charge in [0, 0.05) is 44.6 Å². The Morgan fingerprint density at radius 3 is 2.39 bits per heavy atom. The van der Waals surface area contributed by atoms with Gasteiger partial charge in [-0.15, -0.1) is 4.72 Å². The number of rotatable bonds is 13. The van der Waals surface area contributed by atoms with Crippen molar-refractivity contribution in [1.29, 1.82) is 5.41 Å². The lowest BCUT2D eigenvalue weighted by molar-refractivity contribution is -0.134. The average molecular weight is 616 g/mol. The van der Waals surface area contributed by atoms with Gasteiger partial charge >= 0.3 is 0 Å². The van der Waals surface area contributed by atoms with Gasteiger partial charge in [0.2, 0.25) is 11.8 Å². The normalized spacial score (nSPS) is 15.2. The molecule has 9 heteroatoms. The highest BCUT2D eigenvalue weighted by atomic mass is 32.2. The minimum atomic E-state index is -1.64. The first-order valence-electron chi connectivity index (χ1n) is 15.5. The van der Waals surface area contributed by atoms with Crippen molar-refractivity contribution in [3.8, 4) is 11.1 Å². The number of carbonyl (C=O) groups is 2. The molecule has 1 unspecified atom stereocenters. The second-order valence-corrected chi connectivity index (χ2v) is 13.1. The lowest BCUT2D eigenvalue weighted by atomic mass is 9.91. The van der Waals surface area contributed by atoms with Gasteiger partial charge in [-0.3, -0.25) is 15.0 Å². The molecule has 2 amide bonds. The molecular formula is C35H45N5O3S. The zero-order chi connectivity index (χ0) is 31.6. The van der Waals surface area contributed by atoms with Crippen molar-refractivity contribution >= 4 is 29.0 Å². The van der Waals surface area contributed by atoms with Crippen LogP contribution in [0.1, 0.15) is 68.6 Å². The third-order valence-electron chi connectivity index (χ3n) is 8.41. The zero-order valence-corrected chi connectivity index (χ0v) is 26.8. The number of nitrogens with zero attached hydrogens (tertiary/aromatic N) is 1. The lowest BCUT2D eigenvalue weighted by Gasteiger charge is -2.34. The van der Waals surface area contributed by atoms with Crippen molar-refractivity contribution in [2.24, 2.45) is 11.7 Å². The number of hydrogen-bond donors (Lipinski definition) is 4. The molecule has 1 aliphatic heterocycles. The van der Waals surface area contributed by atoms with Gasteiger partial charge in [-0.25, -0.2) is 0 Å². The van der Waals surface area contributed by atoms with E-state index in [2.05, 4.69) is 48.2 Å². The Morgan fingerprint density at radius 1 is 1.02 bits per heavy atom.